The molecule has 5 heteroatoms. The number of hydrogen-bond donors (Lipinski definition) is 2. The average molecular weight is 233 g/mol. The first-order chi connectivity index (χ1) is 8.25. The first-order valence-corrected chi connectivity index (χ1v) is 5.94. The van der Waals surface area contributed by atoms with Crippen molar-refractivity contribution in [3.05, 3.63) is 24.4 Å². The Morgan fingerprint density at radius 2 is 2.53 bits per heavy atom. The van der Waals surface area contributed by atoms with Crippen molar-refractivity contribution in [3.8, 4) is 0 Å². The number of aromatic nitrogens is 1. The molecule has 1 aliphatic rings. The summed E-state index contributed by atoms with van der Waals surface area (Å²) >= 11 is 0. The molecular formula is C12H19N5. The fourth-order valence-corrected chi connectivity index (χ4v) is 2.02. The molecule has 2 heterocycles. The SMILES string of the molecule is CN1CCCC1CN=C(N)Nc1ccccn1. The quantitative estimate of drug-likeness (QED) is 0.601. The fraction of sp³-hybridized carbons (Fsp3) is 0.500. The fourth-order valence-electron chi connectivity index (χ4n) is 2.02. The van der Waals surface area contributed by atoms with Gasteiger partial charge in [-0.1, -0.05) is 6.07 Å². The highest BCUT2D eigenvalue weighted by Crippen LogP contribution is 2.14. The summed E-state index contributed by atoms with van der Waals surface area (Å²) in [6.07, 6.45) is 4.18. The summed E-state index contributed by atoms with van der Waals surface area (Å²) in [5.41, 5.74) is 5.81. The molecule has 0 bridgehead atoms. The van der Waals surface area contributed by atoms with E-state index in [0.717, 1.165) is 18.9 Å². The molecule has 17 heavy (non-hydrogen) atoms. The minimum Gasteiger partial charge on any atom is -0.370 e. The zero-order valence-electron chi connectivity index (χ0n) is 10.1. The first-order valence-electron chi connectivity index (χ1n) is 5.94. The maximum absolute atomic E-state index is 5.81. The van der Waals surface area contributed by atoms with Crippen molar-refractivity contribution < 1.29 is 0 Å². The first kappa shape index (κ1) is 11.9. The standard InChI is InChI=1S/C12H19N5/c1-17-8-4-5-10(17)9-15-12(13)16-11-6-2-3-7-14-11/h2-3,6-7,10H,4-5,8-9H2,1H3,(H3,13,14,15,16). The topological polar surface area (TPSA) is 66.5 Å². The minimum absolute atomic E-state index is 0.434. The Hall–Kier alpha value is -1.62. The van der Waals surface area contributed by atoms with Crippen LogP contribution in [-0.2, 0) is 0 Å². The highest BCUT2D eigenvalue weighted by molar-refractivity contribution is 5.91. The number of rotatable bonds is 3. The van der Waals surface area contributed by atoms with Crippen LogP contribution in [-0.4, -0.2) is 42.0 Å². The smallest absolute Gasteiger partial charge is 0.194 e. The van der Waals surface area contributed by atoms with Gasteiger partial charge >= 0.3 is 0 Å². The van der Waals surface area contributed by atoms with Crippen molar-refractivity contribution in [1.82, 2.24) is 9.88 Å². The van der Waals surface area contributed by atoms with Gasteiger partial charge in [-0.2, -0.15) is 0 Å². The molecule has 5 nitrogen and oxygen atoms in total. The third-order valence-corrected chi connectivity index (χ3v) is 3.06. The third-order valence-electron chi connectivity index (χ3n) is 3.06. The van der Waals surface area contributed by atoms with Crippen molar-refractivity contribution in [1.29, 1.82) is 0 Å². The van der Waals surface area contributed by atoms with Crippen molar-refractivity contribution in [3.63, 3.8) is 0 Å². The maximum Gasteiger partial charge on any atom is 0.194 e. The Morgan fingerprint density at radius 1 is 1.65 bits per heavy atom. The van der Waals surface area contributed by atoms with E-state index in [2.05, 4.69) is 27.2 Å². The van der Waals surface area contributed by atoms with Crippen LogP contribution in [0.4, 0.5) is 5.82 Å². The summed E-state index contributed by atoms with van der Waals surface area (Å²) in [4.78, 5) is 10.8. The molecule has 1 fully saturated rings. The number of nitrogens with zero attached hydrogens (tertiary/aromatic N) is 3. The lowest BCUT2D eigenvalue weighted by Crippen LogP contribution is -2.30. The zero-order chi connectivity index (χ0) is 12.1. The van der Waals surface area contributed by atoms with E-state index in [0.29, 0.717) is 12.0 Å². The third kappa shape index (κ3) is 3.42. The number of nitrogens with two attached hydrogens (primary N) is 1. The van der Waals surface area contributed by atoms with Gasteiger partial charge in [-0.25, -0.2) is 4.98 Å². The maximum atomic E-state index is 5.81. The number of nitrogens with one attached hydrogen (secondary N) is 1. The molecule has 0 radical (unpaired) electrons. The average Bonchev–Trinajstić information content (AvgIpc) is 2.74. The lowest BCUT2D eigenvalue weighted by atomic mass is 10.2. The van der Waals surface area contributed by atoms with E-state index in [-0.39, 0.29) is 0 Å². The summed E-state index contributed by atoms with van der Waals surface area (Å²) < 4.78 is 0. The van der Waals surface area contributed by atoms with Gasteiger partial charge in [0.05, 0.1) is 6.54 Å². The van der Waals surface area contributed by atoms with E-state index in [1.54, 1.807) is 6.20 Å². The molecule has 0 amide bonds. The van der Waals surface area contributed by atoms with Gasteiger partial charge in [-0.3, -0.25) is 4.99 Å². The molecule has 0 aliphatic carbocycles. The Labute approximate surface area is 102 Å². The zero-order valence-corrected chi connectivity index (χ0v) is 10.1. The molecule has 1 aromatic rings. The van der Waals surface area contributed by atoms with Crippen molar-refractivity contribution in [2.75, 3.05) is 25.5 Å². The summed E-state index contributed by atoms with van der Waals surface area (Å²) in [5, 5.41) is 2.98. The highest BCUT2D eigenvalue weighted by Gasteiger charge is 2.19. The van der Waals surface area contributed by atoms with E-state index >= 15 is 0 Å². The molecule has 3 N–H and O–H groups in total. The van der Waals surface area contributed by atoms with Gasteiger partial charge in [-0.15, -0.1) is 0 Å². The van der Waals surface area contributed by atoms with Crippen LogP contribution in [0.5, 0.6) is 0 Å². The number of likely N-dealkylation sites (N-methyl/N-ethyl adjacent to an activating group) is 1. The van der Waals surface area contributed by atoms with Crippen molar-refractivity contribution in [2.24, 2.45) is 10.7 Å². The summed E-state index contributed by atoms with van der Waals surface area (Å²) in [6, 6.07) is 6.17. The molecular weight excluding hydrogens is 214 g/mol. The van der Waals surface area contributed by atoms with E-state index in [1.165, 1.54) is 12.8 Å². The Morgan fingerprint density at radius 3 is 3.18 bits per heavy atom. The van der Waals surface area contributed by atoms with Gasteiger partial charge in [-0.05, 0) is 38.6 Å². The van der Waals surface area contributed by atoms with Crippen LogP contribution in [0, 0.1) is 0 Å². The van der Waals surface area contributed by atoms with Gasteiger partial charge in [0.2, 0.25) is 0 Å². The number of guanidine groups is 1. The monoisotopic (exact) mass is 233 g/mol. The van der Waals surface area contributed by atoms with Crippen molar-refractivity contribution >= 4 is 11.8 Å². The second-order valence-electron chi connectivity index (χ2n) is 4.34. The molecule has 1 unspecified atom stereocenters. The van der Waals surface area contributed by atoms with Crippen LogP contribution in [0.3, 0.4) is 0 Å². The Balaban J connectivity index is 1.85. The molecule has 0 aromatic carbocycles. The Kier molecular flexibility index (Phi) is 3.93. The highest BCUT2D eigenvalue weighted by atomic mass is 15.2. The van der Waals surface area contributed by atoms with Gasteiger partial charge in [0.15, 0.2) is 5.96 Å². The molecule has 0 spiro atoms. The van der Waals surface area contributed by atoms with E-state index in [4.69, 9.17) is 5.73 Å². The van der Waals surface area contributed by atoms with Gasteiger partial charge in [0.1, 0.15) is 5.82 Å². The molecule has 0 saturated carbocycles. The predicted octanol–water partition coefficient (Wildman–Crippen LogP) is 0.902. The van der Waals surface area contributed by atoms with Crippen LogP contribution in [0.25, 0.3) is 0 Å². The van der Waals surface area contributed by atoms with Gasteiger partial charge in [0.25, 0.3) is 0 Å². The van der Waals surface area contributed by atoms with Crippen LogP contribution >= 0.6 is 0 Å². The number of aliphatic imine (C=N–C) groups is 1. The minimum atomic E-state index is 0.434. The second-order valence-corrected chi connectivity index (χ2v) is 4.34. The normalized spacial score (nSPS) is 21.7. The number of anilines is 1. The van der Waals surface area contributed by atoms with E-state index < -0.39 is 0 Å². The summed E-state index contributed by atoms with van der Waals surface area (Å²) in [5.74, 6) is 1.16. The molecule has 1 atom stereocenters. The predicted molar refractivity (Wildman–Crippen MR) is 70.0 cm³/mol. The Bertz CT molecular complexity index is 376. The van der Waals surface area contributed by atoms with E-state index in [1.807, 2.05) is 18.2 Å². The molecule has 1 aliphatic heterocycles. The number of pyridine rings is 1. The second kappa shape index (κ2) is 5.63. The number of hydrogen-bond acceptors (Lipinski definition) is 3. The van der Waals surface area contributed by atoms with Crippen LogP contribution in [0.2, 0.25) is 0 Å². The summed E-state index contributed by atoms with van der Waals surface area (Å²) in [6.45, 7) is 1.91. The lowest BCUT2D eigenvalue weighted by molar-refractivity contribution is 0.317. The molecule has 2 rings (SSSR count). The van der Waals surface area contributed by atoms with Gasteiger partial charge in [0, 0.05) is 12.2 Å². The largest absolute Gasteiger partial charge is 0.370 e. The van der Waals surface area contributed by atoms with E-state index in [9.17, 15) is 0 Å². The molecule has 1 aromatic heterocycles. The van der Waals surface area contributed by atoms with Gasteiger partial charge < -0.3 is 16.0 Å². The van der Waals surface area contributed by atoms with Crippen LogP contribution < -0.4 is 11.1 Å². The molecule has 92 valence electrons. The summed E-state index contributed by atoms with van der Waals surface area (Å²) in [7, 11) is 2.13. The van der Waals surface area contributed by atoms with Crippen LogP contribution in [0.15, 0.2) is 29.4 Å². The molecule has 1 saturated heterocycles. The lowest BCUT2D eigenvalue weighted by Gasteiger charge is -2.17. The number of likely N-dealkylation sites (tertiary alicyclic amines) is 1. The van der Waals surface area contributed by atoms with Crippen LogP contribution in [0.1, 0.15) is 12.8 Å². The van der Waals surface area contributed by atoms with Crippen molar-refractivity contribution in [2.45, 2.75) is 18.9 Å².